The maximum Gasteiger partial charge on any atom is 0.263 e. The zero-order valence-corrected chi connectivity index (χ0v) is 17.1. The fraction of sp³-hybridized carbons (Fsp3) is 0.500. The van der Waals surface area contributed by atoms with E-state index in [1.165, 1.54) is 17.0 Å². The van der Waals surface area contributed by atoms with Crippen molar-refractivity contribution in [1.29, 1.82) is 0 Å². The molecular formula is C20H25N5O2S. The summed E-state index contributed by atoms with van der Waals surface area (Å²) in [6.45, 7) is 9.44. The average molecular weight is 400 g/mol. The van der Waals surface area contributed by atoms with Gasteiger partial charge < -0.3 is 25.2 Å². The number of thiazole rings is 1. The van der Waals surface area contributed by atoms with Gasteiger partial charge in [0, 0.05) is 49.9 Å². The molecule has 0 atom stereocenters. The van der Waals surface area contributed by atoms with Gasteiger partial charge in [0.1, 0.15) is 17.2 Å². The van der Waals surface area contributed by atoms with Gasteiger partial charge in [0.25, 0.3) is 5.91 Å². The van der Waals surface area contributed by atoms with Gasteiger partial charge in [-0.1, -0.05) is 11.3 Å². The lowest BCUT2D eigenvalue weighted by Crippen LogP contribution is -2.48. The average Bonchev–Trinajstić information content (AvgIpc) is 3.10. The van der Waals surface area contributed by atoms with E-state index in [-0.39, 0.29) is 11.4 Å². The van der Waals surface area contributed by atoms with Crippen molar-refractivity contribution in [3.05, 3.63) is 28.8 Å². The summed E-state index contributed by atoms with van der Waals surface area (Å²) < 4.78 is 5.98. The minimum atomic E-state index is -0.253. The van der Waals surface area contributed by atoms with Crippen LogP contribution in [0.2, 0.25) is 0 Å². The number of rotatable bonds is 2. The lowest BCUT2D eigenvalue weighted by atomic mass is 9.94. The first-order chi connectivity index (χ1) is 13.5. The van der Waals surface area contributed by atoms with Crippen LogP contribution in [0.15, 0.2) is 18.2 Å². The first-order valence-corrected chi connectivity index (χ1v) is 10.6. The van der Waals surface area contributed by atoms with Crippen molar-refractivity contribution >= 4 is 33.8 Å². The zero-order chi connectivity index (χ0) is 19.3. The molecule has 0 radical (unpaired) electrons. The molecule has 7 nitrogen and oxygen atoms in total. The molecule has 28 heavy (non-hydrogen) atoms. The van der Waals surface area contributed by atoms with E-state index >= 15 is 0 Å². The molecule has 1 fully saturated rings. The van der Waals surface area contributed by atoms with E-state index in [9.17, 15) is 4.79 Å². The molecule has 2 aromatic rings. The summed E-state index contributed by atoms with van der Waals surface area (Å²) in [5.74, 6) is 0.873. The van der Waals surface area contributed by atoms with Crippen LogP contribution in [0.1, 0.15) is 29.2 Å². The van der Waals surface area contributed by atoms with Crippen molar-refractivity contribution in [2.75, 3.05) is 49.1 Å². The summed E-state index contributed by atoms with van der Waals surface area (Å²) in [7, 11) is 0. The Morgan fingerprint density at radius 2 is 2.04 bits per heavy atom. The first kappa shape index (κ1) is 17.8. The number of ether oxygens (including phenoxy) is 1. The lowest BCUT2D eigenvalue weighted by Gasteiger charge is -2.33. The molecule has 148 valence electrons. The Bertz CT molecular complexity index is 919. The quantitative estimate of drug-likeness (QED) is 0.807. The van der Waals surface area contributed by atoms with E-state index in [0.29, 0.717) is 6.61 Å². The molecule has 0 aliphatic carbocycles. The number of benzene rings is 1. The van der Waals surface area contributed by atoms with Gasteiger partial charge in [-0.3, -0.25) is 4.79 Å². The second-order valence-electron chi connectivity index (χ2n) is 8.18. The summed E-state index contributed by atoms with van der Waals surface area (Å²) in [6.07, 6.45) is 0.754. The van der Waals surface area contributed by atoms with Crippen molar-refractivity contribution in [1.82, 2.24) is 15.6 Å². The standard InChI is InChI=1S/C20H25N5O2S/c1-20(2)12-14-17(18(26)23-20)28-19(22-14)25-9-10-27-16-11-13(3-4-15(16)25)24-7-5-21-6-8-24/h3-4,11,21H,5-10,12H2,1-2H3,(H,23,26). The lowest BCUT2D eigenvalue weighted by molar-refractivity contribution is 0.0901. The van der Waals surface area contributed by atoms with Gasteiger partial charge in [0.15, 0.2) is 5.13 Å². The molecule has 3 aliphatic heterocycles. The molecule has 4 heterocycles. The summed E-state index contributed by atoms with van der Waals surface area (Å²) in [4.78, 5) is 22.6. The molecule has 3 aliphatic rings. The molecule has 0 unspecified atom stereocenters. The Morgan fingerprint density at radius 1 is 1.21 bits per heavy atom. The third-order valence-corrected chi connectivity index (χ3v) is 6.59. The number of hydrogen-bond donors (Lipinski definition) is 2. The van der Waals surface area contributed by atoms with Gasteiger partial charge in [-0.2, -0.15) is 0 Å². The fourth-order valence-corrected chi connectivity index (χ4v) is 5.12. The monoisotopic (exact) mass is 399 g/mol. The number of nitrogens with one attached hydrogen (secondary N) is 2. The minimum Gasteiger partial charge on any atom is -0.489 e. The predicted octanol–water partition coefficient (Wildman–Crippen LogP) is 2.15. The maximum atomic E-state index is 12.5. The molecule has 2 N–H and O–H groups in total. The highest BCUT2D eigenvalue weighted by Gasteiger charge is 2.34. The number of piperazine rings is 1. The van der Waals surface area contributed by atoms with Crippen molar-refractivity contribution in [2.24, 2.45) is 0 Å². The van der Waals surface area contributed by atoms with E-state index in [1.807, 2.05) is 13.8 Å². The number of carbonyl (C=O) groups is 1. The molecular weight excluding hydrogens is 374 g/mol. The number of amides is 1. The number of aromatic nitrogens is 1. The van der Waals surface area contributed by atoms with Gasteiger partial charge in [-0.25, -0.2) is 4.98 Å². The molecule has 0 saturated carbocycles. The molecule has 8 heteroatoms. The van der Waals surface area contributed by atoms with Crippen molar-refractivity contribution in [3.63, 3.8) is 0 Å². The topological polar surface area (TPSA) is 69.7 Å². The van der Waals surface area contributed by atoms with Crippen LogP contribution in [0.4, 0.5) is 16.5 Å². The van der Waals surface area contributed by atoms with E-state index in [4.69, 9.17) is 9.72 Å². The highest BCUT2D eigenvalue weighted by atomic mass is 32.1. The third-order valence-electron chi connectivity index (χ3n) is 5.47. The van der Waals surface area contributed by atoms with Crippen LogP contribution in [-0.4, -0.2) is 55.8 Å². The molecule has 1 saturated heterocycles. The van der Waals surface area contributed by atoms with E-state index in [1.54, 1.807) is 0 Å². The molecule has 0 bridgehead atoms. The number of fused-ring (bicyclic) bond motifs is 2. The fourth-order valence-electron chi connectivity index (χ4n) is 4.11. The van der Waals surface area contributed by atoms with Crippen LogP contribution in [0.5, 0.6) is 5.75 Å². The number of carbonyl (C=O) groups excluding carboxylic acids is 1. The molecule has 0 spiro atoms. The van der Waals surface area contributed by atoms with Gasteiger partial charge in [-0.15, -0.1) is 0 Å². The highest BCUT2D eigenvalue weighted by molar-refractivity contribution is 7.17. The van der Waals surface area contributed by atoms with Gasteiger partial charge in [0.2, 0.25) is 0 Å². The van der Waals surface area contributed by atoms with Crippen LogP contribution < -0.4 is 25.2 Å². The van der Waals surface area contributed by atoms with E-state index in [2.05, 4.69) is 38.6 Å². The summed E-state index contributed by atoms with van der Waals surface area (Å²) in [5, 5.41) is 7.33. The Kier molecular flexibility index (Phi) is 4.21. The number of hydrogen-bond acceptors (Lipinski definition) is 7. The first-order valence-electron chi connectivity index (χ1n) is 9.82. The van der Waals surface area contributed by atoms with Crippen molar-refractivity contribution < 1.29 is 9.53 Å². The summed E-state index contributed by atoms with van der Waals surface area (Å²) >= 11 is 1.48. The van der Waals surface area contributed by atoms with Crippen LogP contribution in [-0.2, 0) is 6.42 Å². The van der Waals surface area contributed by atoms with Crippen LogP contribution in [0.25, 0.3) is 0 Å². The predicted molar refractivity (Wildman–Crippen MR) is 111 cm³/mol. The molecule has 1 amide bonds. The van der Waals surface area contributed by atoms with Crippen LogP contribution in [0, 0.1) is 0 Å². The number of nitrogens with zero attached hydrogens (tertiary/aromatic N) is 3. The Balaban J connectivity index is 1.46. The Labute approximate surface area is 168 Å². The Hall–Kier alpha value is -2.32. The maximum absolute atomic E-state index is 12.5. The summed E-state index contributed by atoms with van der Waals surface area (Å²) in [5.41, 5.74) is 2.87. The largest absolute Gasteiger partial charge is 0.489 e. The smallest absolute Gasteiger partial charge is 0.263 e. The Morgan fingerprint density at radius 3 is 2.86 bits per heavy atom. The molecule has 5 rings (SSSR count). The SMILES string of the molecule is CC1(C)Cc2nc(N3CCOc4cc(N5CCNCC5)ccc43)sc2C(=O)N1. The summed E-state index contributed by atoms with van der Waals surface area (Å²) in [6, 6.07) is 6.42. The molecule has 1 aromatic heterocycles. The van der Waals surface area contributed by atoms with Gasteiger partial charge >= 0.3 is 0 Å². The number of anilines is 3. The highest BCUT2D eigenvalue weighted by Crippen LogP contribution is 2.42. The van der Waals surface area contributed by atoms with E-state index < -0.39 is 0 Å². The van der Waals surface area contributed by atoms with E-state index in [0.717, 1.165) is 66.3 Å². The second kappa shape index (κ2) is 6.63. The molecule has 1 aromatic carbocycles. The van der Waals surface area contributed by atoms with Gasteiger partial charge in [-0.05, 0) is 26.0 Å². The third kappa shape index (κ3) is 3.10. The zero-order valence-electron chi connectivity index (χ0n) is 16.2. The van der Waals surface area contributed by atoms with Crippen LogP contribution in [0.3, 0.4) is 0 Å². The normalized spacial score (nSPS) is 20.9. The van der Waals surface area contributed by atoms with Crippen molar-refractivity contribution in [3.8, 4) is 5.75 Å². The second-order valence-corrected chi connectivity index (χ2v) is 9.15. The van der Waals surface area contributed by atoms with Crippen LogP contribution >= 0.6 is 11.3 Å². The van der Waals surface area contributed by atoms with Gasteiger partial charge in [0.05, 0.1) is 17.9 Å². The minimum absolute atomic E-state index is 0.0162. The van der Waals surface area contributed by atoms with Crippen molar-refractivity contribution in [2.45, 2.75) is 25.8 Å².